The Balaban J connectivity index is 2.89. The van der Waals surface area contributed by atoms with Gasteiger partial charge in [0.05, 0.1) is 4.90 Å². The summed E-state index contributed by atoms with van der Waals surface area (Å²) in [4.78, 5) is 2.10. The van der Waals surface area contributed by atoms with Gasteiger partial charge in [0, 0.05) is 16.8 Å². The van der Waals surface area contributed by atoms with Crippen LogP contribution in [-0.2, 0) is 10.0 Å². The molecule has 1 atom stereocenters. The van der Waals surface area contributed by atoms with Gasteiger partial charge in [-0.2, -0.15) is 0 Å². The predicted octanol–water partition coefficient (Wildman–Crippen LogP) is 1.85. The second-order valence-corrected chi connectivity index (χ2v) is 7.35. The van der Waals surface area contributed by atoms with E-state index in [0.717, 1.165) is 13.0 Å². The smallest absolute Gasteiger partial charge is 0.240 e. The van der Waals surface area contributed by atoms with Crippen LogP contribution in [0.5, 0.6) is 0 Å². The summed E-state index contributed by atoms with van der Waals surface area (Å²) >= 11 is 5.99. The summed E-state index contributed by atoms with van der Waals surface area (Å²) in [5.74, 6) is 0. The minimum Gasteiger partial charge on any atom is -0.398 e. The third kappa shape index (κ3) is 4.63. The van der Waals surface area contributed by atoms with Crippen LogP contribution in [-0.4, -0.2) is 40.0 Å². The summed E-state index contributed by atoms with van der Waals surface area (Å²) in [5, 5.41) is 0.353. The van der Waals surface area contributed by atoms with Crippen LogP contribution in [0.15, 0.2) is 17.0 Å². The Morgan fingerprint density at radius 2 is 2.00 bits per heavy atom. The highest BCUT2D eigenvalue weighted by molar-refractivity contribution is 7.89. The molecular weight excluding hydrogens is 298 g/mol. The van der Waals surface area contributed by atoms with Crippen molar-refractivity contribution >= 4 is 27.3 Å². The Morgan fingerprint density at radius 3 is 2.50 bits per heavy atom. The monoisotopic (exact) mass is 319 g/mol. The van der Waals surface area contributed by atoms with Crippen LogP contribution in [0.1, 0.15) is 18.9 Å². The molecule has 1 aromatic rings. The molecule has 0 aromatic heterocycles. The van der Waals surface area contributed by atoms with Gasteiger partial charge in [0.2, 0.25) is 10.0 Å². The molecule has 3 N–H and O–H groups in total. The van der Waals surface area contributed by atoms with Crippen molar-refractivity contribution in [3.8, 4) is 0 Å². The lowest BCUT2D eigenvalue weighted by atomic mass is 10.2. The zero-order valence-corrected chi connectivity index (χ0v) is 13.8. The van der Waals surface area contributed by atoms with Gasteiger partial charge in [-0.1, -0.05) is 11.6 Å². The van der Waals surface area contributed by atoms with E-state index in [2.05, 4.69) is 4.72 Å². The van der Waals surface area contributed by atoms with E-state index >= 15 is 0 Å². The second-order valence-electron chi connectivity index (χ2n) is 5.23. The number of hydrogen-bond acceptors (Lipinski definition) is 4. The fraction of sp³-hybridized carbons (Fsp3) is 0.538. The van der Waals surface area contributed by atoms with Crippen LogP contribution in [0.25, 0.3) is 0 Å². The predicted molar refractivity (Wildman–Crippen MR) is 83.6 cm³/mol. The van der Waals surface area contributed by atoms with Crippen LogP contribution in [0.3, 0.4) is 0 Å². The molecule has 5 nitrogen and oxygen atoms in total. The lowest BCUT2D eigenvalue weighted by Crippen LogP contribution is -2.34. The Bertz CT molecular complexity index is 550. The van der Waals surface area contributed by atoms with Crippen LogP contribution < -0.4 is 10.5 Å². The number of nitrogens with two attached hydrogens (primary N) is 1. The number of anilines is 1. The van der Waals surface area contributed by atoms with Gasteiger partial charge in [0.15, 0.2) is 0 Å². The van der Waals surface area contributed by atoms with E-state index in [1.807, 2.05) is 25.9 Å². The van der Waals surface area contributed by atoms with Gasteiger partial charge in [-0.15, -0.1) is 0 Å². The molecular formula is C13H22ClN3O2S. The van der Waals surface area contributed by atoms with Crippen molar-refractivity contribution in [1.29, 1.82) is 0 Å². The van der Waals surface area contributed by atoms with Crippen molar-refractivity contribution in [2.45, 2.75) is 31.2 Å². The highest BCUT2D eigenvalue weighted by Gasteiger charge is 2.19. The molecule has 1 aromatic carbocycles. The summed E-state index contributed by atoms with van der Waals surface area (Å²) in [5.41, 5.74) is 6.82. The highest BCUT2D eigenvalue weighted by atomic mass is 35.5. The third-order valence-electron chi connectivity index (χ3n) is 3.03. The number of halogens is 1. The van der Waals surface area contributed by atoms with Crippen molar-refractivity contribution in [2.24, 2.45) is 0 Å². The minimum absolute atomic E-state index is 0.0994. The number of hydrogen-bond donors (Lipinski definition) is 2. The summed E-state index contributed by atoms with van der Waals surface area (Å²) in [6.07, 6.45) is 0.724. The Labute approximate surface area is 126 Å². The van der Waals surface area contributed by atoms with Crippen LogP contribution >= 0.6 is 11.6 Å². The normalized spacial score (nSPS) is 13.7. The van der Waals surface area contributed by atoms with E-state index in [1.165, 1.54) is 12.1 Å². The Morgan fingerprint density at radius 1 is 1.40 bits per heavy atom. The number of sulfonamides is 1. The topological polar surface area (TPSA) is 75.4 Å². The maximum absolute atomic E-state index is 12.3. The summed E-state index contributed by atoms with van der Waals surface area (Å²) < 4.78 is 27.2. The van der Waals surface area contributed by atoms with E-state index in [0.29, 0.717) is 16.3 Å². The molecule has 0 spiro atoms. The number of nitrogen functional groups attached to an aromatic ring is 1. The Hall–Kier alpha value is -0.820. The van der Waals surface area contributed by atoms with Gasteiger partial charge < -0.3 is 10.6 Å². The SMILES string of the molecule is Cc1c(N)cc(S(=O)(=O)NC(C)CCN(C)C)cc1Cl. The third-order valence-corrected chi connectivity index (χ3v) is 5.00. The first-order valence-corrected chi connectivity index (χ1v) is 8.22. The van der Waals surface area contributed by atoms with Crippen molar-refractivity contribution in [3.63, 3.8) is 0 Å². The second kappa shape index (κ2) is 6.76. The number of nitrogens with zero attached hydrogens (tertiary/aromatic N) is 1. The number of nitrogens with one attached hydrogen (secondary N) is 1. The molecule has 0 bridgehead atoms. The molecule has 7 heteroatoms. The maximum atomic E-state index is 12.3. The van der Waals surface area contributed by atoms with Gasteiger partial charge in [-0.3, -0.25) is 0 Å². The molecule has 0 fully saturated rings. The first-order valence-electron chi connectivity index (χ1n) is 6.36. The number of rotatable bonds is 6. The quantitative estimate of drug-likeness (QED) is 0.785. The molecule has 0 aliphatic carbocycles. The molecule has 0 saturated carbocycles. The first kappa shape index (κ1) is 17.2. The molecule has 20 heavy (non-hydrogen) atoms. The van der Waals surface area contributed by atoms with Crippen molar-refractivity contribution in [1.82, 2.24) is 9.62 Å². The average Bonchev–Trinajstić information content (AvgIpc) is 2.32. The summed E-state index contributed by atoms with van der Waals surface area (Å²) in [6.45, 7) is 4.39. The molecule has 1 unspecified atom stereocenters. The molecule has 0 aliphatic heterocycles. The van der Waals surface area contributed by atoms with Gasteiger partial charge in [0.1, 0.15) is 0 Å². The first-order chi connectivity index (χ1) is 9.13. The van der Waals surface area contributed by atoms with Gasteiger partial charge in [0.25, 0.3) is 0 Å². The zero-order valence-electron chi connectivity index (χ0n) is 12.3. The number of benzene rings is 1. The summed E-state index contributed by atoms with van der Waals surface area (Å²) in [7, 11) is 0.290. The van der Waals surface area contributed by atoms with Crippen molar-refractivity contribution in [2.75, 3.05) is 26.4 Å². The van der Waals surface area contributed by atoms with E-state index in [-0.39, 0.29) is 10.9 Å². The van der Waals surface area contributed by atoms with E-state index in [4.69, 9.17) is 17.3 Å². The largest absolute Gasteiger partial charge is 0.398 e. The minimum atomic E-state index is -3.60. The van der Waals surface area contributed by atoms with E-state index in [1.54, 1.807) is 6.92 Å². The Kier molecular flexibility index (Phi) is 5.82. The lowest BCUT2D eigenvalue weighted by molar-refractivity contribution is 0.379. The lowest BCUT2D eigenvalue weighted by Gasteiger charge is -2.17. The average molecular weight is 320 g/mol. The molecule has 0 heterocycles. The van der Waals surface area contributed by atoms with Gasteiger partial charge in [-0.25, -0.2) is 13.1 Å². The summed E-state index contributed by atoms with van der Waals surface area (Å²) in [6, 6.07) is 2.69. The van der Waals surface area contributed by atoms with Crippen molar-refractivity contribution in [3.05, 3.63) is 22.7 Å². The van der Waals surface area contributed by atoms with Gasteiger partial charge >= 0.3 is 0 Å². The fourth-order valence-electron chi connectivity index (χ4n) is 1.67. The molecule has 0 amide bonds. The van der Waals surface area contributed by atoms with E-state index < -0.39 is 10.0 Å². The highest BCUT2D eigenvalue weighted by Crippen LogP contribution is 2.26. The van der Waals surface area contributed by atoms with Crippen LogP contribution in [0.4, 0.5) is 5.69 Å². The standard InChI is InChI=1S/C13H22ClN3O2S/c1-9(5-6-17(3)4)16-20(18,19)11-7-12(14)10(2)13(15)8-11/h7-9,16H,5-6,15H2,1-4H3. The molecule has 0 radical (unpaired) electrons. The van der Waals surface area contributed by atoms with Gasteiger partial charge in [-0.05, 0) is 58.6 Å². The van der Waals surface area contributed by atoms with Crippen LogP contribution in [0.2, 0.25) is 5.02 Å². The molecule has 1 rings (SSSR count). The van der Waals surface area contributed by atoms with Crippen molar-refractivity contribution < 1.29 is 8.42 Å². The zero-order chi connectivity index (χ0) is 15.5. The molecule has 114 valence electrons. The fourth-order valence-corrected chi connectivity index (χ4v) is 3.30. The van der Waals surface area contributed by atoms with Crippen LogP contribution in [0, 0.1) is 6.92 Å². The maximum Gasteiger partial charge on any atom is 0.240 e. The molecule has 0 saturated heterocycles. The molecule has 0 aliphatic rings. The van der Waals surface area contributed by atoms with E-state index in [9.17, 15) is 8.42 Å².